The predicted molar refractivity (Wildman–Crippen MR) is 76.6 cm³/mol. The lowest BCUT2D eigenvalue weighted by Crippen LogP contribution is -2.45. The largest absolute Gasteiger partial charge is 0.340 e. The van der Waals surface area contributed by atoms with E-state index in [0.29, 0.717) is 12.8 Å². The van der Waals surface area contributed by atoms with Gasteiger partial charge in [0.2, 0.25) is 5.91 Å². The van der Waals surface area contributed by atoms with Gasteiger partial charge < -0.3 is 9.80 Å². The monoisotopic (exact) mass is 265 g/mol. The maximum absolute atomic E-state index is 12.8. The van der Waals surface area contributed by atoms with Crippen molar-refractivity contribution in [2.24, 2.45) is 5.41 Å². The lowest BCUT2D eigenvalue weighted by molar-refractivity contribution is -0.139. The van der Waals surface area contributed by atoms with Crippen molar-refractivity contribution in [3.05, 3.63) is 0 Å². The fourth-order valence-electron chi connectivity index (χ4n) is 2.90. The van der Waals surface area contributed by atoms with Crippen molar-refractivity contribution in [1.82, 2.24) is 9.80 Å². The summed E-state index contributed by atoms with van der Waals surface area (Å²) in [5, 5.41) is 9.55. The van der Waals surface area contributed by atoms with E-state index in [1.54, 1.807) is 0 Å². The number of rotatable bonds is 5. The molecule has 1 heterocycles. The maximum atomic E-state index is 12.8. The molecule has 19 heavy (non-hydrogen) atoms. The zero-order valence-corrected chi connectivity index (χ0v) is 12.6. The quantitative estimate of drug-likeness (QED) is 0.766. The highest BCUT2D eigenvalue weighted by atomic mass is 16.2. The Morgan fingerprint density at radius 1 is 1.16 bits per heavy atom. The number of carbonyl (C=O) groups excluding carboxylic acids is 1. The minimum Gasteiger partial charge on any atom is -0.340 e. The molecule has 108 valence electrons. The van der Waals surface area contributed by atoms with E-state index in [0.717, 1.165) is 45.4 Å². The molecule has 0 radical (unpaired) electrons. The molecule has 0 N–H and O–H groups in total. The summed E-state index contributed by atoms with van der Waals surface area (Å²) in [5.41, 5.74) is -0.785. The first-order chi connectivity index (χ1) is 9.09. The molecule has 0 aromatic rings. The van der Waals surface area contributed by atoms with Gasteiger partial charge in [-0.2, -0.15) is 5.26 Å². The molecule has 1 aliphatic heterocycles. The van der Waals surface area contributed by atoms with Crippen LogP contribution in [0.3, 0.4) is 0 Å². The highest BCUT2D eigenvalue weighted by Crippen LogP contribution is 2.32. The van der Waals surface area contributed by atoms with Crippen molar-refractivity contribution in [2.45, 2.75) is 46.0 Å². The van der Waals surface area contributed by atoms with Gasteiger partial charge in [0, 0.05) is 19.6 Å². The lowest BCUT2D eigenvalue weighted by Gasteiger charge is -2.31. The molecule has 1 fully saturated rings. The Morgan fingerprint density at radius 3 is 2.32 bits per heavy atom. The first kappa shape index (κ1) is 16.0. The van der Waals surface area contributed by atoms with Crippen molar-refractivity contribution in [2.75, 3.05) is 33.2 Å². The Hall–Kier alpha value is -1.08. The van der Waals surface area contributed by atoms with Crippen molar-refractivity contribution in [1.29, 1.82) is 5.26 Å². The van der Waals surface area contributed by atoms with Crippen molar-refractivity contribution in [3.63, 3.8) is 0 Å². The average Bonchev–Trinajstić information content (AvgIpc) is 2.62. The second-order valence-electron chi connectivity index (χ2n) is 5.64. The van der Waals surface area contributed by atoms with Crippen LogP contribution in [-0.4, -0.2) is 48.9 Å². The van der Waals surface area contributed by atoms with Gasteiger partial charge in [-0.05, 0) is 32.9 Å². The summed E-state index contributed by atoms with van der Waals surface area (Å²) in [6.45, 7) is 7.58. The lowest BCUT2D eigenvalue weighted by atomic mass is 9.79. The summed E-state index contributed by atoms with van der Waals surface area (Å²) >= 11 is 0. The van der Waals surface area contributed by atoms with Gasteiger partial charge in [0.05, 0.1) is 6.07 Å². The van der Waals surface area contributed by atoms with Crippen LogP contribution < -0.4 is 0 Å². The molecule has 0 aromatic heterocycles. The molecule has 1 rings (SSSR count). The van der Waals surface area contributed by atoms with Crippen LogP contribution in [0.4, 0.5) is 0 Å². The number of hydrogen-bond acceptors (Lipinski definition) is 3. The number of carbonyl (C=O) groups is 1. The zero-order valence-electron chi connectivity index (χ0n) is 12.6. The van der Waals surface area contributed by atoms with Crippen molar-refractivity contribution >= 4 is 5.91 Å². The molecule has 0 aromatic carbocycles. The molecule has 0 bridgehead atoms. The van der Waals surface area contributed by atoms with Gasteiger partial charge in [-0.3, -0.25) is 4.79 Å². The molecule has 0 unspecified atom stereocenters. The Kier molecular flexibility index (Phi) is 6.30. The van der Waals surface area contributed by atoms with Gasteiger partial charge in [-0.15, -0.1) is 0 Å². The molecule has 0 saturated carbocycles. The minimum atomic E-state index is -0.785. The number of nitrogens with zero attached hydrogens (tertiary/aromatic N) is 3. The van der Waals surface area contributed by atoms with Crippen LogP contribution in [0.25, 0.3) is 0 Å². The minimum absolute atomic E-state index is 0.0639. The van der Waals surface area contributed by atoms with Crippen LogP contribution in [0.1, 0.15) is 46.0 Å². The molecule has 0 spiro atoms. The van der Waals surface area contributed by atoms with Gasteiger partial charge >= 0.3 is 0 Å². The Labute approximate surface area is 117 Å². The van der Waals surface area contributed by atoms with Crippen LogP contribution in [0.15, 0.2) is 0 Å². The fraction of sp³-hybridized carbons (Fsp3) is 0.867. The van der Waals surface area contributed by atoms with Crippen LogP contribution in [0.5, 0.6) is 0 Å². The molecule has 4 heteroatoms. The molecule has 4 nitrogen and oxygen atoms in total. The second-order valence-corrected chi connectivity index (χ2v) is 5.64. The summed E-state index contributed by atoms with van der Waals surface area (Å²) < 4.78 is 0. The van der Waals surface area contributed by atoms with Crippen molar-refractivity contribution < 1.29 is 4.79 Å². The highest BCUT2D eigenvalue weighted by Gasteiger charge is 2.40. The average molecular weight is 265 g/mol. The van der Waals surface area contributed by atoms with E-state index in [4.69, 9.17) is 0 Å². The van der Waals surface area contributed by atoms with Gasteiger partial charge in [-0.1, -0.05) is 26.7 Å². The molecule has 1 saturated heterocycles. The van der Waals surface area contributed by atoms with E-state index < -0.39 is 5.41 Å². The van der Waals surface area contributed by atoms with Crippen LogP contribution in [-0.2, 0) is 4.79 Å². The fourth-order valence-corrected chi connectivity index (χ4v) is 2.90. The van der Waals surface area contributed by atoms with Crippen LogP contribution in [0, 0.1) is 16.7 Å². The summed E-state index contributed by atoms with van der Waals surface area (Å²) in [6.07, 6.45) is 4.13. The van der Waals surface area contributed by atoms with Gasteiger partial charge in [0.1, 0.15) is 5.41 Å². The van der Waals surface area contributed by atoms with Gasteiger partial charge in [-0.25, -0.2) is 0 Å². The van der Waals surface area contributed by atoms with Gasteiger partial charge in [0.25, 0.3) is 0 Å². The smallest absolute Gasteiger partial charge is 0.243 e. The first-order valence-corrected chi connectivity index (χ1v) is 7.48. The molecule has 0 aliphatic carbocycles. The SMILES string of the molecule is CCCC(C#N)(CCC)C(=O)N1CCCN(C)CC1. The Morgan fingerprint density at radius 2 is 1.79 bits per heavy atom. The Bertz CT molecular complexity index is 329. The van der Waals surface area contributed by atoms with Crippen molar-refractivity contribution in [3.8, 4) is 6.07 Å². The van der Waals surface area contributed by atoms with Crippen LogP contribution in [0.2, 0.25) is 0 Å². The van der Waals surface area contributed by atoms with E-state index in [2.05, 4.69) is 18.0 Å². The number of likely N-dealkylation sites (N-methyl/N-ethyl adjacent to an activating group) is 1. The normalized spacial score (nSPS) is 17.9. The second kappa shape index (κ2) is 7.49. The standard InChI is InChI=1S/C15H27N3O/c1-4-7-15(13-16,8-5-2)14(19)18-10-6-9-17(3)11-12-18/h4-12H2,1-3H3. The predicted octanol–water partition coefficient (Wildman–Crippen LogP) is 2.26. The number of amides is 1. The van der Waals surface area contributed by atoms with Crippen LogP contribution >= 0.6 is 0 Å². The summed E-state index contributed by atoms with van der Waals surface area (Å²) in [5.74, 6) is 0.0639. The van der Waals surface area contributed by atoms with E-state index in [1.807, 2.05) is 18.7 Å². The van der Waals surface area contributed by atoms with E-state index in [-0.39, 0.29) is 5.91 Å². The molecule has 1 aliphatic rings. The molecular weight excluding hydrogens is 238 g/mol. The van der Waals surface area contributed by atoms with Gasteiger partial charge in [0.15, 0.2) is 0 Å². The third-order valence-electron chi connectivity index (χ3n) is 3.98. The number of hydrogen-bond donors (Lipinski definition) is 0. The molecule has 1 amide bonds. The molecular formula is C15H27N3O. The first-order valence-electron chi connectivity index (χ1n) is 7.48. The topological polar surface area (TPSA) is 47.3 Å². The maximum Gasteiger partial charge on any atom is 0.243 e. The zero-order chi connectivity index (χ0) is 14.3. The summed E-state index contributed by atoms with van der Waals surface area (Å²) in [6, 6.07) is 2.34. The third kappa shape index (κ3) is 3.94. The summed E-state index contributed by atoms with van der Waals surface area (Å²) in [4.78, 5) is 16.9. The highest BCUT2D eigenvalue weighted by molar-refractivity contribution is 5.85. The van der Waals surface area contributed by atoms with E-state index in [1.165, 1.54) is 0 Å². The van der Waals surface area contributed by atoms with E-state index in [9.17, 15) is 10.1 Å². The Balaban J connectivity index is 2.83. The van der Waals surface area contributed by atoms with E-state index >= 15 is 0 Å². The number of nitriles is 1. The molecule has 0 atom stereocenters. The third-order valence-corrected chi connectivity index (χ3v) is 3.98. The summed E-state index contributed by atoms with van der Waals surface area (Å²) in [7, 11) is 2.09.